The SMILES string of the molecule is Nc1ccc(-c2ccc(O)cc2F)cc1. The molecule has 0 aromatic heterocycles. The minimum absolute atomic E-state index is 0.0771. The highest BCUT2D eigenvalue weighted by molar-refractivity contribution is 5.66. The molecule has 15 heavy (non-hydrogen) atoms. The van der Waals surface area contributed by atoms with E-state index < -0.39 is 5.82 Å². The number of anilines is 1. The summed E-state index contributed by atoms with van der Waals surface area (Å²) in [4.78, 5) is 0. The number of hydrogen-bond acceptors (Lipinski definition) is 2. The van der Waals surface area contributed by atoms with Crippen LogP contribution in [0.2, 0.25) is 0 Å². The minimum Gasteiger partial charge on any atom is -0.508 e. The smallest absolute Gasteiger partial charge is 0.134 e. The van der Waals surface area contributed by atoms with Crippen molar-refractivity contribution in [3.63, 3.8) is 0 Å². The molecule has 0 fully saturated rings. The van der Waals surface area contributed by atoms with Gasteiger partial charge in [-0.2, -0.15) is 0 Å². The molecule has 76 valence electrons. The van der Waals surface area contributed by atoms with Crippen LogP contribution in [0.25, 0.3) is 11.1 Å². The van der Waals surface area contributed by atoms with Gasteiger partial charge in [-0.3, -0.25) is 0 Å². The Labute approximate surface area is 86.8 Å². The van der Waals surface area contributed by atoms with Gasteiger partial charge in [0.25, 0.3) is 0 Å². The molecule has 0 aliphatic heterocycles. The lowest BCUT2D eigenvalue weighted by molar-refractivity contribution is 0.469. The zero-order chi connectivity index (χ0) is 10.8. The van der Waals surface area contributed by atoms with Gasteiger partial charge in [-0.1, -0.05) is 12.1 Å². The lowest BCUT2D eigenvalue weighted by Gasteiger charge is -2.04. The van der Waals surface area contributed by atoms with E-state index in [2.05, 4.69) is 0 Å². The summed E-state index contributed by atoms with van der Waals surface area (Å²) < 4.78 is 13.4. The van der Waals surface area contributed by atoms with Crippen molar-refractivity contribution in [3.8, 4) is 16.9 Å². The maximum atomic E-state index is 13.4. The molecule has 0 radical (unpaired) electrons. The first-order chi connectivity index (χ1) is 7.16. The van der Waals surface area contributed by atoms with Crippen molar-refractivity contribution >= 4 is 5.69 Å². The van der Waals surface area contributed by atoms with Crippen LogP contribution >= 0.6 is 0 Å². The second kappa shape index (κ2) is 3.61. The summed E-state index contributed by atoms with van der Waals surface area (Å²) in [5, 5.41) is 9.07. The number of phenolic OH excluding ortho intramolecular Hbond substituents is 1. The van der Waals surface area contributed by atoms with E-state index in [4.69, 9.17) is 10.8 Å². The second-order valence-electron chi connectivity index (χ2n) is 3.29. The van der Waals surface area contributed by atoms with Gasteiger partial charge in [-0.25, -0.2) is 4.39 Å². The van der Waals surface area contributed by atoms with Crippen molar-refractivity contribution in [2.45, 2.75) is 0 Å². The number of halogens is 1. The number of aromatic hydroxyl groups is 1. The molecule has 0 aliphatic rings. The molecule has 0 aliphatic carbocycles. The lowest BCUT2D eigenvalue weighted by atomic mass is 10.0. The first kappa shape index (κ1) is 9.52. The average molecular weight is 203 g/mol. The van der Waals surface area contributed by atoms with Crippen molar-refractivity contribution < 1.29 is 9.50 Å². The molecule has 2 aromatic carbocycles. The van der Waals surface area contributed by atoms with Crippen LogP contribution in [-0.2, 0) is 0 Å². The monoisotopic (exact) mass is 203 g/mol. The van der Waals surface area contributed by atoms with Crippen LogP contribution in [0.3, 0.4) is 0 Å². The number of phenols is 1. The van der Waals surface area contributed by atoms with Crippen LogP contribution in [0.15, 0.2) is 42.5 Å². The molecule has 2 rings (SSSR count). The van der Waals surface area contributed by atoms with Gasteiger partial charge in [0.1, 0.15) is 11.6 Å². The fraction of sp³-hybridized carbons (Fsp3) is 0. The number of nitrogen functional groups attached to an aromatic ring is 1. The van der Waals surface area contributed by atoms with Gasteiger partial charge in [0.15, 0.2) is 0 Å². The zero-order valence-electron chi connectivity index (χ0n) is 7.94. The molecule has 3 heteroatoms. The highest BCUT2D eigenvalue weighted by Gasteiger charge is 2.05. The van der Waals surface area contributed by atoms with Crippen LogP contribution in [0.5, 0.6) is 5.75 Å². The quantitative estimate of drug-likeness (QED) is 0.700. The molecule has 3 N–H and O–H groups in total. The molecule has 2 aromatic rings. The van der Waals surface area contributed by atoms with Gasteiger partial charge < -0.3 is 10.8 Å². The van der Waals surface area contributed by atoms with Crippen molar-refractivity contribution in [1.82, 2.24) is 0 Å². The zero-order valence-corrected chi connectivity index (χ0v) is 7.94. The maximum Gasteiger partial charge on any atom is 0.134 e. The Morgan fingerprint density at radius 2 is 1.67 bits per heavy atom. The van der Waals surface area contributed by atoms with Gasteiger partial charge >= 0.3 is 0 Å². The van der Waals surface area contributed by atoms with Crippen LogP contribution in [0.4, 0.5) is 10.1 Å². The normalized spacial score (nSPS) is 10.2. The summed E-state index contributed by atoms with van der Waals surface area (Å²) in [6.45, 7) is 0. The van der Waals surface area contributed by atoms with E-state index in [-0.39, 0.29) is 5.75 Å². The Kier molecular flexibility index (Phi) is 2.29. The molecule has 0 spiro atoms. The largest absolute Gasteiger partial charge is 0.508 e. The van der Waals surface area contributed by atoms with E-state index in [1.807, 2.05) is 0 Å². The Morgan fingerprint density at radius 3 is 2.27 bits per heavy atom. The van der Waals surface area contributed by atoms with Gasteiger partial charge in [-0.15, -0.1) is 0 Å². The molecule has 0 heterocycles. The fourth-order valence-electron chi connectivity index (χ4n) is 1.40. The summed E-state index contributed by atoms with van der Waals surface area (Å²) in [6, 6.07) is 11.0. The summed E-state index contributed by atoms with van der Waals surface area (Å²) in [7, 11) is 0. The van der Waals surface area contributed by atoms with Gasteiger partial charge in [0.2, 0.25) is 0 Å². The van der Waals surface area contributed by atoms with E-state index in [9.17, 15) is 4.39 Å². The lowest BCUT2D eigenvalue weighted by Crippen LogP contribution is -1.86. The van der Waals surface area contributed by atoms with Crippen LogP contribution in [0.1, 0.15) is 0 Å². The number of nitrogens with two attached hydrogens (primary N) is 1. The predicted octanol–water partition coefficient (Wildman–Crippen LogP) is 2.78. The Hall–Kier alpha value is -2.03. The Morgan fingerprint density at radius 1 is 1.00 bits per heavy atom. The van der Waals surface area contributed by atoms with E-state index in [0.717, 1.165) is 11.6 Å². The summed E-state index contributed by atoms with van der Waals surface area (Å²) in [5.41, 5.74) is 7.36. The van der Waals surface area contributed by atoms with E-state index in [0.29, 0.717) is 11.3 Å². The maximum absolute atomic E-state index is 13.4. The van der Waals surface area contributed by atoms with Gasteiger partial charge in [-0.05, 0) is 29.8 Å². The molecule has 0 unspecified atom stereocenters. The molecule has 2 nitrogen and oxygen atoms in total. The van der Waals surface area contributed by atoms with Gasteiger partial charge in [0, 0.05) is 17.3 Å². The van der Waals surface area contributed by atoms with Gasteiger partial charge in [0.05, 0.1) is 0 Å². The van der Waals surface area contributed by atoms with Crippen molar-refractivity contribution in [2.24, 2.45) is 0 Å². The van der Waals surface area contributed by atoms with Crippen molar-refractivity contribution in [3.05, 3.63) is 48.3 Å². The molecule has 0 saturated heterocycles. The second-order valence-corrected chi connectivity index (χ2v) is 3.29. The van der Waals surface area contributed by atoms with Crippen molar-refractivity contribution in [2.75, 3.05) is 5.73 Å². The average Bonchev–Trinajstić information content (AvgIpc) is 2.20. The standard InChI is InChI=1S/C12H10FNO/c13-12-7-10(15)5-6-11(12)8-1-3-9(14)4-2-8/h1-7,15H,14H2. The van der Waals surface area contributed by atoms with E-state index in [1.165, 1.54) is 12.1 Å². The Bertz CT molecular complexity index is 479. The van der Waals surface area contributed by atoms with E-state index in [1.54, 1.807) is 24.3 Å². The van der Waals surface area contributed by atoms with E-state index >= 15 is 0 Å². The summed E-state index contributed by atoms with van der Waals surface area (Å²) >= 11 is 0. The number of benzene rings is 2. The molecule has 0 amide bonds. The molecular weight excluding hydrogens is 193 g/mol. The predicted molar refractivity (Wildman–Crippen MR) is 57.9 cm³/mol. The molecular formula is C12H10FNO. The van der Waals surface area contributed by atoms with Crippen LogP contribution in [-0.4, -0.2) is 5.11 Å². The van der Waals surface area contributed by atoms with Crippen LogP contribution in [0, 0.1) is 5.82 Å². The van der Waals surface area contributed by atoms with Crippen LogP contribution < -0.4 is 5.73 Å². The summed E-state index contributed by atoms with van der Waals surface area (Å²) in [5.74, 6) is -0.522. The van der Waals surface area contributed by atoms with Crippen molar-refractivity contribution in [1.29, 1.82) is 0 Å². The highest BCUT2D eigenvalue weighted by Crippen LogP contribution is 2.26. The third-order valence-corrected chi connectivity index (χ3v) is 2.17. The fourth-order valence-corrected chi connectivity index (χ4v) is 1.40. The first-order valence-electron chi connectivity index (χ1n) is 4.51. The molecule has 0 saturated carbocycles. The molecule has 0 bridgehead atoms. The topological polar surface area (TPSA) is 46.2 Å². The number of hydrogen-bond donors (Lipinski definition) is 2. The first-order valence-corrected chi connectivity index (χ1v) is 4.51. The molecule has 0 atom stereocenters. The third-order valence-electron chi connectivity index (χ3n) is 2.17. The minimum atomic E-state index is -0.445. The number of rotatable bonds is 1. The third kappa shape index (κ3) is 1.91. The Balaban J connectivity index is 2.49. The highest BCUT2D eigenvalue weighted by atomic mass is 19.1. The summed E-state index contributed by atoms with van der Waals surface area (Å²) in [6.07, 6.45) is 0.